The van der Waals surface area contributed by atoms with Gasteiger partial charge in [-0.05, 0) is 109 Å². The summed E-state index contributed by atoms with van der Waals surface area (Å²) in [4.78, 5) is 46.9. The topological polar surface area (TPSA) is 134 Å². The first-order valence-corrected chi connectivity index (χ1v) is 18.9. The number of hydrogen-bond acceptors (Lipinski definition) is 10. The Labute approximate surface area is 311 Å². The molecule has 3 aliphatic rings. The fourth-order valence-electron chi connectivity index (χ4n) is 8.15. The summed E-state index contributed by atoms with van der Waals surface area (Å²) in [6.07, 6.45) is 8.85. The molecule has 2 N–H and O–H groups in total. The monoisotopic (exact) mass is 723 g/mol. The van der Waals surface area contributed by atoms with Crippen LogP contribution < -0.4 is 15.8 Å². The standard InChI is InChI=1S/C40H53N9O4/c1-7-19-48-35(50)31-27-41-36(44-34(31)49(48)33-10-8-9-32(43-33)39(5,6)52)42-28-11-13-29(14-12-28)45-22-24-46(25-23-45)30-15-16-40(26-30)17-20-47(21-18-40)37(51)53-38(2,3)4/h7-14,27,30,52H,1,15-26H2,2-6H3,(H,41,42,44). The predicted octanol–water partition coefficient (Wildman–Crippen LogP) is 5.83. The molecule has 53 heavy (non-hydrogen) atoms. The first-order chi connectivity index (χ1) is 25.2. The van der Waals surface area contributed by atoms with Gasteiger partial charge in [0.25, 0.3) is 5.56 Å². The number of amides is 1. The van der Waals surface area contributed by atoms with Gasteiger partial charge in [0, 0.05) is 62.9 Å². The molecule has 1 spiro atoms. The fourth-order valence-corrected chi connectivity index (χ4v) is 8.15. The van der Waals surface area contributed by atoms with E-state index in [1.165, 1.54) is 35.8 Å². The molecule has 2 aliphatic heterocycles. The second-order valence-corrected chi connectivity index (χ2v) is 16.4. The molecule has 4 aromatic rings. The van der Waals surface area contributed by atoms with E-state index < -0.39 is 11.2 Å². The van der Waals surface area contributed by atoms with E-state index in [0.29, 0.717) is 40.0 Å². The maximum atomic E-state index is 13.4. The Balaban J connectivity index is 0.973. The summed E-state index contributed by atoms with van der Waals surface area (Å²) in [5.41, 5.74) is 1.38. The van der Waals surface area contributed by atoms with Gasteiger partial charge in [-0.1, -0.05) is 12.1 Å². The largest absolute Gasteiger partial charge is 0.444 e. The molecule has 2 saturated heterocycles. The number of aliphatic hydroxyl groups is 1. The number of ether oxygens (including phenoxy) is 1. The normalized spacial score (nSPS) is 19.5. The Morgan fingerprint density at radius 2 is 1.72 bits per heavy atom. The van der Waals surface area contributed by atoms with E-state index in [1.807, 2.05) is 37.8 Å². The number of aromatic nitrogens is 5. The third-order valence-electron chi connectivity index (χ3n) is 11.0. The molecule has 1 atom stereocenters. The third-order valence-corrected chi connectivity index (χ3v) is 11.0. The summed E-state index contributed by atoms with van der Waals surface area (Å²) >= 11 is 0. The zero-order chi connectivity index (χ0) is 37.5. The van der Waals surface area contributed by atoms with Crippen LogP contribution in [0.5, 0.6) is 0 Å². The van der Waals surface area contributed by atoms with Crippen LogP contribution in [0.25, 0.3) is 16.9 Å². The molecular formula is C40H53N9O4. The third kappa shape index (κ3) is 7.82. The van der Waals surface area contributed by atoms with Crippen LogP contribution in [-0.2, 0) is 16.9 Å². The minimum atomic E-state index is -1.16. The van der Waals surface area contributed by atoms with Gasteiger partial charge < -0.3 is 25.0 Å². The molecule has 1 saturated carbocycles. The number of fused-ring (bicyclic) bond motifs is 1. The minimum absolute atomic E-state index is 0.178. The summed E-state index contributed by atoms with van der Waals surface area (Å²) in [6, 6.07) is 14.3. The average Bonchev–Trinajstić information content (AvgIpc) is 3.66. The first kappa shape index (κ1) is 36.6. The Hall–Kier alpha value is -4.75. The summed E-state index contributed by atoms with van der Waals surface area (Å²) in [5, 5.41) is 14.3. The number of piperidine rings is 1. The van der Waals surface area contributed by atoms with Crippen molar-refractivity contribution >= 4 is 34.4 Å². The molecule has 7 rings (SSSR count). The lowest BCUT2D eigenvalue weighted by atomic mass is 9.77. The molecule has 3 aromatic heterocycles. The molecule has 1 aliphatic carbocycles. The van der Waals surface area contributed by atoms with Gasteiger partial charge in [-0.2, -0.15) is 4.98 Å². The molecular weight excluding hydrogens is 670 g/mol. The van der Waals surface area contributed by atoms with Crippen LogP contribution in [0.1, 0.15) is 72.4 Å². The summed E-state index contributed by atoms with van der Waals surface area (Å²) in [5.74, 6) is 0.813. The lowest BCUT2D eigenvalue weighted by molar-refractivity contribution is 0.00969. The predicted molar refractivity (Wildman–Crippen MR) is 207 cm³/mol. The van der Waals surface area contributed by atoms with Gasteiger partial charge in [0.05, 0.1) is 12.2 Å². The van der Waals surface area contributed by atoms with Crippen molar-refractivity contribution in [1.29, 1.82) is 0 Å². The number of nitrogens with zero attached hydrogens (tertiary/aromatic N) is 8. The van der Waals surface area contributed by atoms with Crippen molar-refractivity contribution in [2.24, 2.45) is 5.41 Å². The number of allylic oxidation sites excluding steroid dienone is 1. The van der Waals surface area contributed by atoms with Crippen LogP contribution >= 0.6 is 0 Å². The van der Waals surface area contributed by atoms with Crippen LogP contribution in [0.2, 0.25) is 0 Å². The van der Waals surface area contributed by atoms with Gasteiger partial charge in [-0.3, -0.25) is 9.69 Å². The molecule has 3 fully saturated rings. The van der Waals surface area contributed by atoms with E-state index in [9.17, 15) is 14.7 Å². The molecule has 0 bridgehead atoms. The summed E-state index contributed by atoms with van der Waals surface area (Å²) < 4.78 is 8.80. The van der Waals surface area contributed by atoms with E-state index in [-0.39, 0.29) is 18.2 Å². The number of carbonyl (C=O) groups excluding carboxylic acids is 1. The molecule has 5 heterocycles. The van der Waals surface area contributed by atoms with Crippen LogP contribution in [-0.4, -0.2) is 96.2 Å². The van der Waals surface area contributed by atoms with Crippen molar-refractivity contribution in [1.82, 2.24) is 34.1 Å². The van der Waals surface area contributed by atoms with Gasteiger partial charge in [0.2, 0.25) is 5.95 Å². The van der Waals surface area contributed by atoms with Crippen LogP contribution in [0.4, 0.5) is 22.1 Å². The Morgan fingerprint density at radius 3 is 2.38 bits per heavy atom. The van der Waals surface area contributed by atoms with Crippen molar-refractivity contribution in [3.8, 4) is 5.82 Å². The molecule has 282 valence electrons. The number of nitrogens with one attached hydrogen (secondary N) is 1. The van der Waals surface area contributed by atoms with Crippen LogP contribution in [0, 0.1) is 5.41 Å². The zero-order valence-corrected chi connectivity index (χ0v) is 31.7. The highest BCUT2D eigenvalue weighted by molar-refractivity contribution is 5.77. The summed E-state index contributed by atoms with van der Waals surface area (Å²) in [6.45, 7) is 18.8. The highest BCUT2D eigenvalue weighted by Crippen LogP contribution is 2.48. The molecule has 13 nitrogen and oxygen atoms in total. The number of likely N-dealkylation sites (tertiary alicyclic amines) is 1. The molecule has 1 amide bonds. The smallest absolute Gasteiger partial charge is 0.410 e. The van der Waals surface area contributed by atoms with Crippen molar-refractivity contribution in [3.05, 3.63) is 77.4 Å². The van der Waals surface area contributed by atoms with E-state index in [2.05, 4.69) is 43.8 Å². The second kappa shape index (κ2) is 14.2. The van der Waals surface area contributed by atoms with Crippen molar-refractivity contribution in [2.75, 3.05) is 49.5 Å². The first-order valence-electron chi connectivity index (χ1n) is 18.9. The number of pyridine rings is 1. The quantitative estimate of drug-likeness (QED) is 0.214. The Kier molecular flexibility index (Phi) is 9.83. The average molecular weight is 724 g/mol. The molecule has 0 radical (unpaired) electrons. The van der Waals surface area contributed by atoms with Gasteiger partial charge >= 0.3 is 6.09 Å². The Morgan fingerprint density at radius 1 is 1.00 bits per heavy atom. The van der Waals surface area contributed by atoms with Crippen LogP contribution in [0.3, 0.4) is 0 Å². The maximum absolute atomic E-state index is 13.4. The number of piperazine rings is 1. The van der Waals surface area contributed by atoms with Crippen molar-refractivity contribution < 1.29 is 14.6 Å². The number of carbonyl (C=O) groups is 1. The van der Waals surface area contributed by atoms with Gasteiger partial charge in [-0.25, -0.2) is 24.1 Å². The number of rotatable bonds is 8. The van der Waals surface area contributed by atoms with Crippen molar-refractivity contribution in [3.63, 3.8) is 0 Å². The van der Waals surface area contributed by atoms with E-state index in [4.69, 9.17) is 9.72 Å². The van der Waals surface area contributed by atoms with Gasteiger partial charge in [-0.15, -0.1) is 6.58 Å². The molecule has 1 aromatic carbocycles. The van der Waals surface area contributed by atoms with Crippen LogP contribution in [0.15, 0.2) is 66.1 Å². The highest BCUT2D eigenvalue weighted by Gasteiger charge is 2.44. The number of hydrogen-bond donors (Lipinski definition) is 2. The van der Waals surface area contributed by atoms with Crippen molar-refractivity contribution in [2.45, 2.75) is 90.5 Å². The van der Waals surface area contributed by atoms with Gasteiger partial charge in [0.1, 0.15) is 16.6 Å². The molecule has 1 unspecified atom stereocenters. The van der Waals surface area contributed by atoms with E-state index >= 15 is 0 Å². The lowest BCUT2D eigenvalue weighted by Gasteiger charge is -2.42. The second-order valence-electron chi connectivity index (χ2n) is 16.4. The Bertz CT molecular complexity index is 2010. The number of anilines is 3. The van der Waals surface area contributed by atoms with E-state index in [0.717, 1.165) is 57.8 Å². The zero-order valence-electron chi connectivity index (χ0n) is 31.7. The van der Waals surface area contributed by atoms with E-state index in [1.54, 1.807) is 42.8 Å². The minimum Gasteiger partial charge on any atom is -0.444 e. The highest BCUT2D eigenvalue weighted by atomic mass is 16.6. The number of benzene rings is 1. The fraction of sp³-hybridized carbons (Fsp3) is 0.525. The SMILES string of the molecule is C=CCn1c(=O)c2cnc(Nc3ccc(N4CCN(C5CCC6(CCN(C(=O)OC(C)(C)C)CC6)C5)CC4)cc3)nc2n1-c1cccc(C(C)(C)O)n1. The summed E-state index contributed by atoms with van der Waals surface area (Å²) in [7, 11) is 0. The molecule has 13 heteroatoms. The van der Waals surface area contributed by atoms with Gasteiger partial charge in [0.15, 0.2) is 11.5 Å². The lowest BCUT2D eigenvalue weighted by Crippen LogP contribution is -2.50. The maximum Gasteiger partial charge on any atom is 0.410 e.